The number of amides is 1. The maximum atomic E-state index is 13.6. The predicted molar refractivity (Wildman–Crippen MR) is 126 cm³/mol. The molecule has 11 nitrogen and oxygen atoms in total. The van der Waals surface area contributed by atoms with Crippen molar-refractivity contribution in [1.82, 2.24) is 19.5 Å². The first-order valence-electron chi connectivity index (χ1n) is 11.4. The Morgan fingerprint density at radius 3 is 2.58 bits per heavy atom. The highest BCUT2D eigenvalue weighted by Crippen LogP contribution is 2.41. The molecule has 36 heavy (non-hydrogen) atoms. The molecule has 0 radical (unpaired) electrons. The Hall–Kier alpha value is -2.33. The quantitative estimate of drug-likeness (QED) is 0.460. The first-order chi connectivity index (χ1) is 16.4. The normalized spacial score (nSPS) is 23.6. The molecule has 3 rings (SSSR count). The number of fused-ring (bicyclic) bond motifs is 1. The fourth-order valence-electron chi connectivity index (χ4n) is 3.40. The van der Waals surface area contributed by atoms with Crippen molar-refractivity contribution in [3.63, 3.8) is 0 Å². The number of alkyl halides is 3. The van der Waals surface area contributed by atoms with Crippen LogP contribution in [0.4, 0.5) is 19.1 Å². The Morgan fingerprint density at radius 2 is 2.03 bits per heavy atom. The average Bonchev–Trinajstić information content (AvgIpc) is 3.27. The van der Waals surface area contributed by atoms with Crippen molar-refractivity contribution in [2.24, 2.45) is 5.92 Å². The summed E-state index contributed by atoms with van der Waals surface area (Å²) in [6.45, 7) is 12.2. The second-order valence-electron chi connectivity index (χ2n) is 10.6. The van der Waals surface area contributed by atoms with E-state index in [2.05, 4.69) is 25.0 Å². The number of carbonyl (C=O) groups is 1. The molecule has 3 N–H and O–H groups in total. The molecular formula is C21H32F3N5O6Si. The molecule has 3 atom stereocenters. The lowest BCUT2D eigenvalue weighted by Gasteiger charge is -2.37. The van der Waals surface area contributed by atoms with E-state index in [9.17, 15) is 27.9 Å². The topological polar surface area (TPSA) is 141 Å². The molecule has 0 spiro atoms. The van der Waals surface area contributed by atoms with E-state index in [-0.39, 0.29) is 28.8 Å². The number of rotatable bonds is 7. The fraction of sp³-hybridized carbons (Fsp3) is 0.714. The van der Waals surface area contributed by atoms with Crippen LogP contribution in [0.15, 0.2) is 11.1 Å². The summed E-state index contributed by atoms with van der Waals surface area (Å²) in [5, 5.41) is 13.3. The number of hydrogen-bond acceptors (Lipinski definition) is 8. The van der Waals surface area contributed by atoms with Crippen LogP contribution in [0.5, 0.6) is 0 Å². The third-order valence-corrected chi connectivity index (χ3v) is 11.1. The minimum absolute atomic E-state index is 0.170. The van der Waals surface area contributed by atoms with Gasteiger partial charge in [0.2, 0.25) is 17.6 Å². The Bertz CT molecular complexity index is 1180. The smallest absolute Gasteiger partial charge is 0.414 e. The molecule has 1 saturated heterocycles. The largest absolute Gasteiger partial charge is 0.524 e. The first-order valence-corrected chi connectivity index (χ1v) is 14.3. The van der Waals surface area contributed by atoms with E-state index in [1.54, 1.807) is 13.8 Å². The first kappa shape index (κ1) is 28.2. The third kappa shape index (κ3) is 5.49. The second kappa shape index (κ2) is 9.52. The Labute approximate surface area is 206 Å². The number of imidazole rings is 1. The van der Waals surface area contributed by atoms with Crippen molar-refractivity contribution in [2.45, 2.75) is 77.0 Å². The zero-order valence-corrected chi connectivity index (χ0v) is 22.2. The van der Waals surface area contributed by atoms with Gasteiger partial charge in [-0.3, -0.25) is 29.2 Å². The lowest BCUT2D eigenvalue weighted by molar-refractivity contribution is -0.394. The molecule has 1 aliphatic heterocycles. The number of nitrogens with zero attached hydrogens (tertiary/aromatic N) is 3. The van der Waals surface area contributed by atoms with Gasteiger partial charge in [0, 0.05) is 5.92 Å². The van der Waals surface area contributed by atoms with Crippen LogP contribution in [0.3, 0.4) is 0 Å². The molecule has 2 aromatic heterocycles. The van der Waals surface area contributed by atoms with E-state index in [0.29, 0.717) is 0 Å². The van der Waals surface area contributed by atoms with Gasteiger partial charge in [0.25, 0.3) is 5.56 Å². The van der Waals surface area contributed by atoms with Crippen molar-refractivity contribution in [1.29, 1.82) is 0 Å². The van der Waals surface area contributed by atoms with Crippen molar-refractivity contribution in [3.8, 4) is 0 Å². The molecule has 2 aromatic rings. The number of aromatic nitrogens is 4. The summed E-state index contributed by atoms with van der Waals surface area (Å²) < 4.78 is 57.7. The maximum Gasteiger partial charge on any atom is 0.524 e. The lowest BCUT2D eigenvalue weighted by atomic mass is 10.1. The second-order valence-corrected chi connectivity index (χ2v) is 15.4. The number of anilines is 1. The van der Waals surface area contributed by atoms with E-state index >= 15 is 0 Å². The van der Waals surface area contributed by atoms with Crippen molar-refractivity contribution >= 4 is 31.3 Å². The Morgan fingerprint density at radius 1 is 1.39 bits per heavy atom. The van der Waals surface area contributed by atoms with Crippen LogP contribution in [-0.2, 0) is 24.4 Å². The number of aliphatic hydroxyl groups is 1. The van der Waals surface area contributed by atoms with Gasteiger partial charge in [-0.2, -0.15) is 4.98 Å². The minimum atomic E-state index is -5.19. The molecule has 0 aliphatic carbocycles. The average molecular weight is 536 g/mol. The molecule has 1 amide bonds. The molecule has 15 heteroatoms. The predicted octanol–water partition coefficient (Wildman–Crippen LogP) is 2.68. The molecule has 3 heterocycles. The summed E-state index contributed by atoms with van der Waals surface area (Å²) in [5.41, 5.74) is -3.99. The van der Waals surface area contributed by atoms with E-state index in [0.717, 1.165) is 10.9 Å². The fourth-order valence-corrected chi connectivity index (χ4v) is 4.41. The van der Waals surface area contributed by atoms with E-state index in [1.165, 1.54) is 0 Å². The van der Waals surface area contributed by atoms with Crippen molar-refractivity contribution in [3.05, 3.63) is 16.7 Å². The van der Waals surface area contributed by atoms with Crippen LogP contribution in [0.1, 0.15) is 34.6 Å². The highest BCUT2D eigenvalue weighted by atomic mass is 28.4. The molecule has 1 unspecified atom stereocenters. The number of aliphatic hydroxyl groups excluding tert-OH is 1. The summed E-state index contributed by atoms with van der Waals surface area (Å²) in [4.78, 5) is 34.9. The highest BCUT2D eigenvalue weighted by molar-refractivity contribution is 6.74. The zero-order valence-electron chi connectivity index (χ0n) is 21.2. The molecule has 0 aromatic carbocycles. The van der Waals surface area contributed by atoms with Crippen LogP contribution in [0, 0.1) is 5.92 Å². The summed E-state index contributed by atoms with van der Waals surface area (Å²) in [5.74, 6) is -1.22. The number of aromatic amines is 1. The zero-order chi connectivity index (χ0) is 27.3. The lowest BCUT2D eigenvalue weighted by Crippen LogP contribution is -2.52. The van der Waals surface area contributed by atoms with Gasteiger partial charge in [-0.15, -0.1) is 13.2 Å². The van der Waals surface area contributed by atoms with E-state index in [1.807, 2.05) is 33.9 Å². The number of ether oxygens (including phenoxy) is 2. The van der Waals surface area contributed by atoms with Crippen LogP contribution >= 0.6 is 0 Å². The standard InChI is InChI=1S/C21H32F3N5O6Si/c1-11(2)16(31)27-18-26-15-13(17(32)28-18)25-10-29(15)20(35-21(22,23)24)9-33-12(14(20)30)8-34-36(6,7)19(3,4)5/h10-12,14,30H,8-9H2,1-7H3,(H2,26,27,28,31,32)/t12-,14-,20?/m1/s1. The molecule has 202 valence electrons. The molecule has 1 fully saturated rings. The van der Waals surface area contributed by atoms with Gasteiger partial charge in [0.1, 0.15) is 12.2 Å². The van der Waals surface area contributed by atoms with Gasteiger partial charge < -0.3 is 14.3 Å². The highest BCUT2D eigenvalue weighted by Gasteiger charge is 2.58. The summed E-state index contributed by atoms with van der Waals surface area (Å²) in [6, 6.07) is 0. The van der Waals surface area contributed by atoms with Gasteiger partial charge in [-0.1, -0.05) is 34.6 Å². The van der Waals surface area contributed by atoms with Gasteiger partial charge in [0.05, 0.1) is 19.5 Å². The third-order valence-electron chi connectivity index (χ3n) is 6.61. The van der Waals surface area contributed by atoms with Crippen molar-refractivity contribution in [2.75, 3.05) is 18.5 Å². The molecule has 0 bridgehead atoms. The number of nitrogens with one attached hydrogen (secondary N) is 2. The van der Waals surface area contributed by atoms with Gasteiger partial charge in [0.15, 0.2) is 19.5 Å². The summed E-state index contributed by atoms with van der Waals surface area (Å²) >= 11 is 0. The molecule has 0 saturated carbocycles. The number of hydrogen-bond donors (Lipinski definition) is 3. The molecular weight excluding hydrogens is 503 g/mol. The van der Waals surface area contributed by atoms with Crippen LogP contribution in [0.2, 0.25) is 18.1 Å². The van der Waals surface area contributed by atoms with Gasteiger partial charge in [-0.05, 0) is 18.1 Å². The van der Waals surface area contributed by atoms with Crippen LogP contribution < -0.4 is 10.9 Å². The number of halogens is 3. The Balaban J connectivity index is 2.04. The minimum Gasteiger partial charge on any atom is -0.414 e. The maximum absolute atomic E-state index is 13.6. The number of carbonyl (C=O) groups excluding carboxylic acids is 1. The van der Waals surface area contributed by atoms with Gasteiger partial charge >= 0.3 is 6.36 Å². The summed E-state index contributed by atoms with van der Waals surface area (Å²) in [7, 11) is -2.32. The molecule has 1 aliphatic rings. The number of H-pyrrole nitrogens is 1. The van der Waals surface area contributed by atoms with E-state index in [4.69, 9.17) is 9.16 Å². The van der Waals surface area contributed by atoms with Crippen molar-refractivity contribution < 1.29 is 37.0 Å². The van der Waals surface area contributed by atoms with Crippen LogP contribution in [0.25, 0.3) is 11.2 Å². The Kier molecular flexibility index (Phi) is 7.47. The van der Waals surface area contributed by atoms with Crippen LogP contribution in [-0.4, -0.2) is 70.6 Å². The van der Waals surface area contributed by atoms with E-state index < -0.39 is 56.6 Å². The monoisotopic (exact) mass is 535 g/mol. The SMILES string of the molecule is CC(C)C(=O)Nc1nc2c(ncn2C2(OC(F)(F)F)CO[C@H](CO[Si](C)(C)C(C)(C)C)[C@H]2O)c(=O)[nH]1. The van der Waals surface area contributed by atoms with Gasteiger partial charge in [-0.25, -0.2) is 4.98 Å². The summed E-state index contributed by atoms with van der Waals surface area (Å²) in [6.07, 6.45) is -7.31.